The van der Waals surface area contributed by atoms with Crippen LogP contribution in [-0.4, -0.2) is 40.2 Å². The van der Waals surface area contributed by atoms with Gasteiger partial charge in [0.25, 0.3) is 0 Å². The summed E-state index contributed by atoms with van der Waals surface area (Å²) in [5.74, 6) is 0. The van der Waals surface area contributed by atoms with Crippen LogP contribution >= 0.6 is 12.2 Å². The van der Waals surface area contributed by atoms with Crippen LogP contribution in [0.3, 0.4) is 0 Å². The molecule has 0 saturated heterocycles. The van der Waals surface area contributed by atoms with E-state index in [-0.39, 0.29) is 12.1 Å². The molecule has 0 bridgehead atoms. The van der Waals surface area contributed by atoms with Crippen molar-refractivity contribution in [1.82, 2.24) is 4.90 Å². The highest BCUT2D eigenvalue weighted by Crippen LogP contribution is 2.18. The molecular formula is C10H22N2OS. The van der Waals surface area contributed by atoms with E-state index < -0.39 is 0 Å². The standard InChI is InChI=1S/C10H22N2OS/c1-5-8(6-9(11)14)12(4)10(2,3)7-13/h8,13H,5-7H2,1-4H3,(H2,11,14). The molecule has 14 heavy (non-hydrogen) atoms. The van der Waals surface area contributed by atoms with Crippen LogP contribution in [0.25, 0.3) is 0 Å². The van der Waals surface area contributed by atoms with E-state index in [0.717, 1.165) is 6.42 Å². The zero-order valence-corrected chi connectivity index (χ0v) is 10.4. The predicted octanol–water partition coefficient (Wildman–Crippen LogP) is 1.14. The van der Waals surface area contributed by atoms with Crippen LogP contribution < -0.4 is 5.73 Å². The van der Waals surface area contributed by atoms with Gasteiger partial charge in [-0.1, -0.05) is 19.1 Å². The van der Waals surface area contributed by atoms with Gasteiger partial charge in [-0.2, -0.15) is 0 Å². The van der Waals surface area contributed by atoms with Gasteiger partial charge >= 0.3 is 0 Å². The second-order valence-corrected chi connectivity index (χ2v) is 4.84. The third-order valence-corrected chi connectivity index (χ3v) is 2.96. The van der Waals surface area contributed by atoms with E-state index in [4.69, 9.17) is 18.0 Å². The summed E-state index contributed by atoms with van der Waals surface area (Å²) in [5.41, 5.74) is 5.32. The van der Waals surface area contributed by atoms with E-state index in [9.17, 15) is 5.11 Å². The molecule has 0 aromatic carbocycles. The highest BCUT2D eigenvalue weighted by atomic mass is 32.1. The van der Waals surface area contributed by atoms with Gasteiger partial charge in [0, 0.05) is 18.0 Å². The molecule has 1 unspecified atom stereocenters. The van der Waals surface area contributed by atoms with Crippen LogP contribution in [0.1, 0.15) is 33.6 Å². The fourth-order valence-corrected chi connectivity index (χ4v) is 1.59. The summed E-state index contributed by atoms with van der Waals surface area (Å²) >= 11 is 4.91. The smallest absolute Gasteiger partial charge is 0.0743 e. The molecule has 0 aliphatic carbocycles. The average molecular weight is 218 g/mol. The Bertz CT molecular complexity index is 195. The van der Waals surface area contributed by atoms with Crippen LogP contribution in [0, 0.1) is 0 Å². The van der Waals surface area contributed by atoms with Crippen LogP contribution in [0.2, 0.25) is 0 Å². The number of aliphatic hydroxyl groups excluding tert-OH is 1. The van der Waals surface area contributed by atoms with E-state index >= 15 is 0 Å². The van der Waals surface area contributed by atoms with E-state index in [2.05, 4.69) is 11.8 Å². The Hall–Kier alpha value is -0.190. The highest BCUT2D eigenvalue weighted by Gasteiger charge is 2.27. The van der Waals surface area contributed by atoms with Crippen molar-refractivity contribution >= 4 is 17.2 Å². The number of hydrogen-bond donors (Lipinski definition) is 2. The van der Waals surface area contributed by atoms with Crippen molar-refractivity contribution in [2.45, 2.75) is 45.2 Å². The lowest BCUT2D eigenvalue weighted by atomic mass is 9.99. The van der Waals surface area contributed by atoms with Crippen molar-refractivity contribution in [3.05, 3.63) is 0 Å². The quantitative estimate of drug-likeness (QED) is 0.657. The van der Waals surface area contributed by atoms with Gasteiger partial charge in [0.15, 0.2) is 0 Å². The molecule has 3 N–H and O–H groups in total. The summed E-state index contributed by atoms with van der Waals surface area (Å²) < 4.78 is 0. The molecule has 0 saturated carbocycles. The highest BCUT2D eigenvalue weighted by molar-refractivity contribution is 7.80. The van der Waals surface area contributed by atoms with Gasteiger partial charge in [0.05, 0.1) is 11.6 Å². The van der Waals surface area contributed by atoms with E-state index in [1.807, 2.05) is 20.9 Å². The Balaban J connectivity index is 4.44. The maximum Gasteiger partial charge on any atom is 0.0743 e. The van der Waals surface area contributed by atoms with E-state index in [1.165, 1.54) is 0 Å². The first-order valence-corrected chi connectivity index (χ1v) is 5.38. The zero-order chi connectivity index (χ0) is 11.4. The Morgan fingerprint density at radius 2 is 2.07 bits per heavy atom. The molecule has 0 rings (SSSR count). The molecule has 1 atom stereocenters. The first kappa shape index (κ1) is 13.8. The summed E-state index contributed by atoms with van der Waals surface area (Å²) in [6, 6.07) is 0.314. The molecule has 0 fully saturated rings. The van der Waals surface area contributed by atoms with Crippen LogP contribution in [0.4, 0.5) is 0 Å². The largest absolute Gasteiger partial charge is 0.394 e. The molecule has 0 aromatic heterocycles. The number of nitrogens with two attached hydrogens (primary N) is 1. The van der Waals surface area contributed by atoms with Crippen molar-refractivity contribution in [1.29, 1.82) is 0 Å². The first-order valence-electron chi connectivity index (χ1n) is 4.97. The molecule has 0 radical (unpaired) electrons. The third-order valence-electron chi connectivity index (χ3n) is 2.80. The maximum absolute atomic E-state index is 9.24. The van der Waals surface area contributed by atoms with Crippen molar-refractivity contribution < 1.29 is 5.11 Å². The molecule has 3 nitrogen and oxygen atoms in total. The first-order chi connectivity index (χ1) is 6.35. The second-order valence-electron chi connectivity index (χ2n) is 4.31. The topological polar surface area (TPSA) is 49.5 Å². The third kappa shape index (κ3) is 3.90. The minimum absolute atomic E-state index is 0.136. The number of thiocarbonyl (C=S) groups is 1. The van der Waals surface area contributed by atoms with Gasteiger partial charge in [0.2, 0.25) is 0 Å². The number of rotatable bonds is 6. The molecular weight excluding hydrogens is 196 g/mol. The fourth-order valence-electron chi connectivity index (χ4n) is 1.39. The Labute approximate surface area is 92.3 Å². The molecule has 0 heterocycles. The molecule has 0 aliphatic heterocycles. The van der Waals surface area contributed by atoms with Crippen LogP contribution in [-0.2, 0) is 0 Å². The predicted molar refractivity (Wildman–Crippen MR) is 64.4 cm³/mol. The molecule has 4 heteroatoms. The summed E-state index contributed by atoms with van der Waals surface area (Å²) in [7, 11) is 2.00. The molecule has 0 amide bonds. The van der Waals surface area contributed by atoms with Gasteiger partial charge in [-0.3, -0.25) is 4.90 Å². The Morgan fingerprint density at radius 3 is 2.36 bits per heavy atom. The summed E-state index contributed by atoms with van der Waals surface area (Å²) in [6.07, 6.45) is 1.70. The summed E-state index contributed by atoms with van der Waals surface area (Å²) in [4.78, 5) is 2.68. The van der Waals surface area contributed by atoms with Gasteiger partial charge in [-0.25, -0.2) is 0 Å². The number of hydrogen-bond acceptors (Lipinski definition) is 3. The van der Waals surface area contributed by atoms with Crippen molar-refractivity contribution in [3.63, 3.8) is 0 Å². The Kier molecular flexibility index (Phi) is 5.56. The van der Waals surface area contributed by atoms with Gasteiger partial charge < -0.3 is 10.8 Å². The minimum atomic E-state index is -0.217. The molecule has 0 aliphatic rings. The lowest BCUT2D eigenvalue weighted by Crippen LogP contribution is -2.50. The maximum atomic E-state index is 9.24. The van der Waals surface area contributed by atoms with Gasteiger partial charge in [-0.15, -0.1) is 0 Å². The van der Waals surface area contributed by atoms with Crippen molar-refractivity contribution in [2.24, 2.45) is 5.73 Å². The number of aliphatic hydroxyl groups is 1. The normalized spacial score (nSPS) is 14.4. The Morgan fingerprint density at radius 1 is 1.57 bits per heavy atom. The number of nitrogens with zero attached hydrogens (tertiary/aromatic N) is 1. The van der Waals surface area contributed by atoms with Crippen molar-refractivity contribution in [3.8, 4) is 0 Å². The monoisotopic (exact) mass is 218 g/mol. The zero-order valence-electron chi connectivity index (χ0n) is 9.58. The van der Waals surface area contributed by atoms with Crippen LogP contribution in [0.15, 0.2) is 0 Å². The van der Waals surface area contributed by atoms with Crippen LogP contribution in [0.5, 0.6) is 0 Å². The second kappa shape index (κ2) is 5.63. The minimum Gasteiger partial charge on any atom is -0.394 e. The summed E-state index contributed by atoms with van der Waals surface area (Å²) in [5, 5.41) is 9.24. The summed E-state index contributed by atoms with van der Waals surface area (Å²) in [6.45, 7) is 6.26. The van der Waals surface area contributed by atoms with E-state index in [1.54, 1.807) is 0 Å². The lowest BCUT2D eigenvalue weighted by Gasteiger charge is -2.39. The molecule has 0 spiro atoms. The molecule has 0 aromatic rings. The van der Waals surface area contributed by atoms with Crippen molar-refractivity contribution in [2.75, 3.05) is 13.7 Å². The molecule has 84 valence electrons. The SMILES string of the molecule is CCC(CC(N)=S)N(C)C(C)(C)CO. The average Bonchev–Trinajstić information content (AvgIpc) is 2.12. The van der Waals surface area contributed by atoms with Gasteiger partial charge in [0.1, 0.15) is 0 Å². The number of likely N-dealkylation sites (N-methyl/N-ethyl adjacent to an activating group) is 1. The van der Waals surface area contributed by atoms with Gasteiger partial charge in [-0.05, 0) is 27.3 Å². The fraction of sp³-hybridized carbons (Fsp3) is 0.900. The van der Waals surface area contributed by atoms with E-state index in [0.29, 0.717) is 17.5 Å². The lowest BCUT2D eigenvalue weighted by molar-refractivity contribution is 0.0458.